The third kappa shape index (κ3) is 3.59. The van der Waals surface area contributed by atoms with Crippen LogP contribution in [0.1, 0.15) is 37.1 Å². The maximum atomic E-state index is 12.0. The van der Waals surface area contributed by atoms with E-state index in [9.17, 15) is 10.1 Å². The number of anilines is 1. The van der Waals surface area contributed by atoms with Gasteiger partial charge in [0.2, 0.25) is 5.91 Å². The first kappa shape index (κ1) is 23.1. The molecule has 1 aromatic carbocycles. The molecule has 1 N–H and O–H groups in total. The number of rotatable bonds is 3. The van der Waals surface area contributed by atoms with Gasteiger partial charge in [-0.15, -0.1) is 0 Å². The Hall–Kier alpha value is -3.34. The summed E-state index contributed by atoms with van der Waals surface area (Å²) in [4.78, 5) is 24.6. The SMILES string of the molecule is C=CC(=O)N1CC2(CCN(c3nc4c(c(-c5cc(Cl)cc6cc[nH]c56)c3C#N)COC(C)(C)C4)C2)C1. The van der Waals surface area contributed by atoms with Crippen LogP contribution < -0.4 is 4.90 Å². The van der Waals surface area contributed by atoms with Gasteiger partial charge in [-0.1, -0.05) is 18.2 Å². The summed E-state index contributed by atoms with van der Waals surface area (Å²) in [6.07, 6.45) is 4.88. The third-order valence-corrected chi connectivity index (χ3v) is 8.07. The van der Waals surface area contributed by atoms with Gasteiger partial charge < -0.3 is 19.5 Å². The Morgan fingerprint density at radius 3 is 2.89 bits per heavy atom. The molecule has 0 atom stereocenters. The number of carbonyl (C=O) groups is 1. The number of ether oxygens (including phenoxy) is 1. The maximum absolute atomic E-state index is 12.0. The first-order valence-corrected chi connectivity index (χ1v) is 12.6. The van der Waals surface area contributed by atoms with Crippen LogP contribution in [0, 0.1) is 16.7 Å². The number of nitrogens with one attached hydrogen (secondary N) is 1. The lowest BCUT2D eigenvalue weighted by Crippen LogP contribution is -2.59. The number of benzene rings is 1. The Labute approximate surface area is 215 Å². The van der Waals surface area contributed by atoms with E-state index in [4.69, 9.17) is 21.3 Å². The predicted molar refractivity (Wildman–Crippen MR) is 140 cm³/mol. The highest BCUT2D eigenvalue weighted by Crippen LogP contribution is 2.46. The molecule has 184 valence electrons. The topological polar surface area (TPSA) is 85.3 Å². The predicted octanol–water partition coefficient (Wildman–Crippen LogP) is 4.83. The number of hydrogen-bond acceptors (Lipinski definition) is 5. The minimum Gasteiger partial charge on any atom is -0.370 e. The standard InChI is InChI=1S/C28H28ClN5O2/c1-4-23(35)34-15-28(16-34)6-8-33(14-28)26-20(12-30)24(21-13-36-27(2,3)11-22(21)32-26)19-10-18(29)9-17-5-7-31-25(17)19/h4-5,7,9-10,31H,1,6,8,11,13-16H2,2-3H3. The van der Waals surface area contributed by atoms with Crippen molar-refractivity contribution >= 4 is 34.2 Å². The van der Waals surface area contributed by atoms with E-state index in [1.807, 2.05) is 29.3 Å². The molecular weight excluding hydrogens is 474 g/mol. The number of hydrogen-bond donors (Lipinski definition) is 1. The van der Waals surface area contributed by atoms with Gasteiger partial charge in [0, 0.05) is 71.3 Å². The van der Waals surface area contributed by atoms with Crippen molar-refractivity contribution in [3.8, 4) is 17.2 Å². The fourth-order valence-electron chi connectivity index (χ4n) is 6.07. The van der Waals surface area contributed by atoms with Gasteiger partial charge in [-0.2, -0.15) is 5.26 Å². The van der Waals surface area contributed by atoms with Crippen LogP contribution in [-0.2, 0) is 22.6 Å². The van der Waals surface area contributed by atoms with E-state index in [1.165, 1.54) is 6.08 Å². The van der Waals surface area contributed by atoms with Gasteiger partial charge >= 0.3 is 0 Å². The molecule has 3 aromatic rings. The van der Waals surface area contributed by atoms with E-state index in [0.29, 0.717) is 42.5 Å². The first-order valence-electron chi connectivity index (χ1n) is 12.3. The molecule has 1 spiro atoms. The number of halogens is 1. The van der Waals surface area contributed by atoms with Gasteiger partial charge in [-0.05, 0) is 44.5 Å². The van der Waals surface area contributed by atoms with Crippen molar-refractivity contribution in [3.63, 3.8) is 0 Å². The molecule has 0 saturated carbocycles. The lowest BCUT2D eigenvalue weighted by molar-refractivity contribution is -0.136. The average Bonchev–Trinajstić information content (AvgIpc) is 3.48. The summed E-state index contributed by atoms with van der Waals surface area (Å²) in [6.45, 7) is 11.1. The van der Waals surface area contributed by atoms with Crippen molar-refractivity contribution in [2.24, 2.45) is 5.41 Å². The normalized spacial score (nSPS) is 19.7. The van der Waals surface area contributed by atoms with Crippen LogP contribution in [0.15, 0.2) is 37.1 Å². The molecule has 0 unspecified atom stereocenters. The number of aromatic amines is 1. The maximum Gasteiger partial charge on any atom is 0.245 e. The van der Waals surface area contributed by atoms with Crippen molar-refractivity contribution in [2.75, 3.05) is 31.1 Å². The lowest BCUT2D eigenvalue weighted by Gasteiger charge is -2.47. The number of fused-ring (bicyclic) bond motifs is 2. The molecule has 0 aliphatic carbocycles. The summed E-state index contributed by atoms with van der Waals surface area (Å²) in [6, 6.07) is 8.33. The van der Waals surface area contributed by atoms with Crippen LogP contribution in [0.3, 0.4) is 0 Å². The molecule has 0 bridgehead atoms. The van der Waals surface area contributed by atoms with Crippen LogP contribution in [0.5, 0.6) is 0 Å². The molecule has 7 nitrogen and oxygen atoms in total. The lowest BCUT2D eigenvalue weighted by atomic mass is 9.79. The van der Waals surface area contributed by atoms with Crippen LogP contribution >= 0.6 is 11.6 Å². The monoisotopic (exact) mass is 501 g/mol. The van der Waals surface area contributed by atoms with Crippen molar-refractivity contribution in [3.05, 3.63) is 58.9 Å². The van der Waals surface area contributed by atoms with Crippen molar-refractivity contribution < 1.29 is 9.53 Å². The summed E-state index contributed by atoms with van der Waals surface area (Å²) in [5, 5.41) is 12.1. The molecule has 8 heteroatoms. The van der Waals surface area contributed by atoms with E-state index in [-0.39, 0.29) is 16.9 Å². The Bertz CT molecular complexity index is 1460. The summed E-state index contributed by atoms with van der Waals surface area (Å²) >= 11 is 6.54. The van der Waals surface area contributed by atoms with E-state index >= 15 is 0 Å². The molecule has 2 saturated heterocycles. The van der Waals surface area contributed by atoms with E-state index in [0.717, 1.165) is 52.8 Å². The largest absolute Gasteiger partial charge is 0.370 e. The second-order valence-corrected chi connectivity index (χ2v) is 11.3. The second-order valence-electron chi connectivity index (χ2n) is 10.9. The van der Waals surface area contributed by atoms with E-state index < -0.39 is 0 Å². The molecule has 36 heavy (non-hydrogen) atoms. The summed E-state index contributed by atoms with van der Waals surface area (Å²) in [5.74, 6) is 0.693. The highest BCUT2D eigenvalue weighted by atomic mass is 35.5. The van der Waals surface area contributed by atoms with E-state index in [2.05, 4.69) is 36.4 Å². The third-order valence-electron chi connectivity index (χ3n) is 7.85. The number of amides is 1. The zero-order chi connectivity index (χ0) is 25.2. The van der Waals surface area contributed by atoms with Gasteiger partial charge in [0.15, 0.2) is 0 Å². The minimum absolute atomic E-state index is 0.0240. The molecule has 3 aliphatic heterocycles. The minimum atomic E-state index is -0.343. The van der Waals surface area contributed by atoms with Gasteiger partial charge in [-0.3, -0.25) is 4.79 Å². The number of likely N-dealkylation sites (tertiary alicyclic amines) is 1. The number of nitrogens with zero attached hydrogens (tertiary/aromatic N) is 4. The average molecular weight is 502 g/mol. The molecule has 3 aliphatic rings. The Morgan fingerprint density at radius 2 is 2.14 bits per heavy atom. The first-order chi connectivity index (χ1) is 17.2. The Morgan fingerprint density at radius 1 is 1.33 bits per heavy atom. The number of carbonyl (C=O) groups excluding carboxylic acids is 1. The number of aromatic nitrogens is 2. The molecule has 2 aromatic heterocycles. The number of nitriles is 1. The van der Waals surface area contributed by atoms with Crippen LogP contribution in [0.25, 0.3) is 22.0 Å². The van der Waals surface area contributed by atoms with Gasteiger partial charge in [0.25, 0.3) is 0 Å². The van der Waals surface area contributed by atoms with Crippen LogP contribution in [0.4, 0.5) is 5.82 Å². The van der Waals surface area contributed by atoms with Crippen molar-refractivity contribution in [1.82, 2.24) is 14.9 Å². The fraction of sp³-hybridized carbons (Fsp3) is 0.393. The molecular formula is C28H28ClN5O2. The fourth-order valence-corrected chi connectivity index (χ4v) is 6.30. The van der Waals surface area contributed by atoms with Gasteiger partial charge in [0.1, 0.15) is 17.5 Å². The van der Waals surface area contributed by atoms with Crippen LogP contribution in [-0.4, -0.2) is 52.6 Å². The number of H-pyrrole nitrogens is 1. The Kier molecular flexibility index (Phi) is 5.19. The summed E-state index contributed by atoms with van der Waals surface area (Å²) < 4.78 is 6.20. The molecule has 2 fully saturated rings. The molecule has 0 radical (unpaired) electrons. The molecule has 1 amide bonds. The van der Waals surface area contributed by atoms with Gasteiger partial charge in [-0.25, -0.2) is 4.98 Å². The van der Waals surface area contributed by atoms with Crippen molar-refractivity contribution in [2.45, 2.75) is 38.9 Å². The van der Waals surface area contributed by atoms with E-state index in [1.54, 1.807) is 0 Å². The molecule has 6 rings (SSSR count). The quantitative estimate of drug-likeness (QED) is 0.519. The zero-order valence-corrected chi connectivity index (χ0v) is 21.3. The zero-order valence-electron chi connectivity index (χ0n) is 20.5. The highest BCUT2D eigenvalue weighted by molar-refractivity contribution is 6.32. The second kappa shape index (κ2) is 8.09. The summed E-state index contributed by atoms with van der Waals surface area (Å²) in [5.41, 5.74) is 4.84. The van der Waals surface area contributed by atoms with Crippen LogP contribution in [0.2, 0.25) is 5.02 Å². The molecule has 5 heterocycles. The smallest absolute Gasteiger partial charge is 0.245 e. The highest BCUT2D eigenvalue weighted by Gasteiger charge is 2.49. The van der Waals surface area contributed by atoms with Crippen molar-refractivity contribution in [1.29, 1.82) is 5.26 Å². The summed E-state index contributed by atoms with van der Waals surface area (Å²) in [7, 11) is 0. The number of pyridine rings is 1. The Balaban J connectivity index is 1.49. The van der Waals surface area contributed by atoms with Gasteiger partial charge in [0.05, 0.1) is 23.4 Å².